The van der Waals surface area contributed by atoms with Gasteiger partial charge in [0.25, 0.3) is 0 Å². The molecule has 2 amide bonds. The van der Waals surface area contributed by atoms with Crippen LogP contribution < -0.4 is 15.5 Å². The lowest BCUT2D eigenvalue weighted by Gasteiger charge is -2.09. The van der Waals surface area contributed by atoms with E-state index in [1.165, 1.54) is 6.07 Å². The monoisotopic (exact) mass is 503 g/mol. The van der Waals surface area contributed by atoms with E-state index in [2.05, 4.69) is 38.4 Å². The van der Waals surface area contributed by atoms with Crippen LogP contribution in [0.1, 0.15) is 16.7 Å². The molecular formula is C22H19FIN3O2. The molecule has 0 bridgehead atoms. The van der Waals surface area contributed by atoms with E-state index in [1.54, 1.807) is 30.5 Å². The summed E-state index contributed by atoms with van der Waals surface area (Å²) in [5.41, 5.74) is 5.42. The number of carbonyl (C=O) groups excluding carboxylic acids is 1. The number of ether oxygens (including phenoxy) is 1. The predicted octanol–water partition coefficient (Wildman–Crippen LogP) is 5.47. The maximum absolute atomic E-state index is 13.7. The summed E-state index contributed by atoms with van der Waals surface area (Å²) in [5, 5.41) is 6.70. The number of carbonyl (C=O) groups is 1. The molecule has 0 heterocycles. The minimum absolute atomic E-state index is 0.150. The van der Waals surface area contributed by atoms with Crippen molar-refractivity contribution >= 4 is 40.5 Å². The summed E-state index contributed by atoms with van der Waals surface area (Å²) >= 11 is 2.14. The molecule has 0 aliphatic carbocycles. The van der Waals surface area contributed by atoms with E-state index >= 15 is 0 Å². The molecule has 0 fully saturated rings. The van der Waals surface area contributed by atoms with Gasteiger partial charge in [0, 0.05) is 11.3 Å². The fourth-order valence-corrected chi connectivity index (χ4v) is 3.21. The van der Waals surface area contributed by atoms with Crippen molar-refractivity contribution < 1.29 is 13.9 Å². The third-order valence-corrected chi connectivity index (χ3v) is 4.91. The number of anilines is 1. The van der Waals surface area contributed by atoms with Crippen LogP contribution in [0.25, 0.3) is 0 Å². The Labute approximate surface area is 182 Å². The van der Waals surface area contributed by atoms with Crippen molar-refractivity contribution in [2.45, 2.75) is 13.5 Å². The second-order valence-electron chi connectivity index (χ2n) is 6.21. The van der Waals surface area contributed by atoms with Gasteiger partial charge in [-0.25, -0.2) is 14.6 Å². The van der Waals surface area contributed by atoms with Gasteiger partial charge in [-0.05, 0) is 71.0 Å². The average Bonchev–Trinajstić information content (AvgIpc) is 2.70. The van der Waals surface area contributed by atoms with Crippen LogP contribution in [0.2, 0.25) is 0 Å². The van der Waals surface area contributed by atoms with Gasteiger partial charge in [-0.2, -0.15) is 5.10 Å². The van der Waals surface area contributed by atoms with Crippen LogP contribution >= 0.6 is 22.6 Å². The molecule has 0 saturated carbocycles. The van der Waals surface area contributed by atoms with Crippen molar-refractivity contribution in [3.05, 3.63) is 92.8 Å². The van der Waals surface area contributed by atoms with E-state index in [0.717, 1.165) is 20.4 Å². The number of amides is 2. The summed E-state index contributed by atoms with van der Waals surface area (Å²) in [6, 6.07) is 19.0. The van der Waals surface area contributed by atoms with Crippen molar-refractivity contribution in [1.82, 2.24) is 5.43 Å². The summed E-state index contributed by atoms with van der Waals surface area (Å²) < 4.78 is 20.2. The Kier molecular flexibility index (Phi) is 7.18. The molecule has 7 heteroatoms. The molecule has 2 N–H and O–H groups in total. The van der Waals surface area contributed by atoms with E-state index in [0.29, 0.717) is 11.3 Å². The Hall–Kier alpha value is -2.94. The fraction of sp³-hybridized carbons (Fsp3) is 0.0909. The smallest absolute Gasteiger partial charge is 0.339 e. The molecule has 0 aliphatic rings. The first-order valence-corrected chi connectivity index (χ1v) is 9.92. The molecule has 3 aromatic rings. The van der Waals surface area contributed by atoms with Crippen LogP contribution in [0, 0.1) is 16.3 Å². The van der Waals surface area contributed by atoms with Crippen molar-refractivity contribution in [3.8, 4) is 5.75 Å². The van der Waals surface area contributed by atoms with Gasteiger partial charge in [0.05, 0.1) is 9.78 Å². The van der Waals surface area contributed by atoms with Crippen molar-refractivity contribution in [3.63, 3.8) is 0 Å². The summed E-state index contributed by atoms with van der Waals surface area (Å²) in [5.74, 6) is 0.359. The molecule has 29 heavy (non-hydrogen) atoms. The number of nitrogens with one attached hydrogen (secondary N) is 2. The zero-order valence-electron chi connectivity index (χ0n) is 15.7. The summed E-state index contributed by atoms with van der Waals surface area (Å²) in [6.45, 7) is 2.06. The highest BCUT2D eigenvalue weighted by atomic mass is 127. The minimum atomic E-state index is -0.421. The van der Waals surface area contributed by atoms with Crippen LogP contribution in [0.15, 0.2) is 71.8 Å². The van der Waals surface area contributed by atoms with Gasteiger partial charge in [0.1, 0.15) is 18.2 Å². The Balaban J connectivity index is 1.55. The van der Waals surface area contributed by atoms with Crippen molar-refractivity contribution in [2.24, 2.45) is 5.10 Å². The number of rotatable bonds is 6. The molecule has 3 aromatic carbocycles. The normalized spacial score (nSPS) is 10.7. The highest BCUT2D eigenvalue weighted by Crippen LogP contribution is 2.23. The number of hydrogen-bond acceptors (Lipinski definition) is 3. The average molecular weight is 503 g/mol. The van der Waals surface area contributed by atoms with E-state index in [-0.39, 0.29) is 12.4 Å². The quantitative estimate of drug-likeness (QED) is 0.266. The van der Waals surface area contributed by atoms with E-state index in [4.69, 9.17) is 4.74 Å². The predicted molar refractivity (Wildman–Crippen MR) is 121 cm³/mol. The number of urea groups is 1. The standard InChI is InChI=1S/C22H19FIN3O2/c1-15-6-2-5-9-20(15)26-22(28)27-25-13-16-10-11-21(19(24)12-16)29-14-17-7-3-4-8-18(17)23/h2-13H,14H2,1H3,(H2,26,27,28). The maximum Gasteiger partial charge on any atom is 0.339 e. The molecule has 0 saturated heterocycles. The van der Waals surface area contributed by atoms with Crippen LogP contribution in [-0.2, 0) is 6.61 Å². The van der Waals surface area contributed by atoms with Gasteiger partial charge in [-0.1, -0.05) is 36.4 Å². The first kappa shape index (κ1) is 20.8. The molecule has 5 nitrogen and oxygen atoms in total. The summed E-state index contributed by atoms with van der Waals surface area (Å²) in [7, 11) is 0. The van der Waals surface area contributed by atoms with Gasteiger partial charge in [-0.3, -0.25) is 0 Å². The van der Waals surface area contributed by atoms with Gasteiger partial charge < -0.3 is 10.1 Å². The zero-order chi connectivity index (χ0) is 20.6. The Bertz CT molecular complexity index is 1040. The van der Waals surface area contributed by atoms with Crippen molar-refractivity contribution in [2.75, 3.05) is 5.32 Å². The van der Waals surface area contributed by atoms with Crippen molar-refractivity contribution in [1.29, 1.82) is 0 Å². The van der Waals surface area contributed by atoms with Crippen LogP contribution in [0.4, 0.5) is 14.9 Å². The summed E-state index contributed by atoms with van der Waals surface area (Å²) in [6.07, 6.45) is 1.54. The van der Waals surface area contributed by atoms with E-state index in [9.17, 15) is 9.18 Å². The molecule has 0 unspecified atom stereocenters. The lowest BCUT2D eigenvalue weighted by atomic mass is 10.2. The molecule has 0 aliphatic heterocycles. The molecule has 0 atom stereocenters. The molecule has 0 radical (unpaired) electrons. The van der Waals surface area contributed by atoms with E-state index in [1.807, 2.05) is 43.3 Å². The second-order valence-corrected chi connectivity index (χ2v) is 7.37. The first-order chi connectivity index (χ1) is 14.0. The van der Waals surface area contributed by atoms with Gasteiger partial charge >= 0.3 is 6.03 Å². The maximum atomic E-state index is 13.7. The number of hydrazone groups is 1. The third-order valence-electron chi connectivity index (χ3n) is 4.07. The van der Waals surface area contributed by atoms with Gasteiger partial charge in [-0.15, -0.1) is 0 Å². The SMILES string of the molecule is Cc1ccccc1NC(=O)NN=Cc1ccc(OCc2ccccc2F)c(I)c1. The zero-order valence-corrected chi connectivity index (χ0v) is 17.8. The number of halogens is 2. The number of aryl methyl sites for hydroxylation is 1. The van der Waals surface area contributed by atoms with Gasteiger partial charge in [0.15, 0.2) is 0 Å². The van der Waals surface area contributed by atoms with Crippen LogP contribution in [0.5, 0.6) is 5.75 Å². The molecular weight excluding hydrogens is 484 g/mol. The molecule has 148 valence electrons. The largest absolute Gasteiger partial charge is 0.488 e. The van der Waals surface area contributed by atoms with Crippen LogP contribution in [-0.4, -0.2) is 12.2 Å². The van der Waals surface area contributed by atoms with Gasteiger partial charge in [0.2, 0.25) is 0 Å². The fourth-order valence-electron chi connectivity index (χ4n) is 2.51. The summed E-state index contributed by atoms with van der Waals surface area (Å²) in [4.78, 5) is 11.9. The number of benzene rings is 3. The molecule has 0 spiro atoms. The van der Waals surface area contributed by atoms with Crippen LogP contribution in [0.3, 0.4) is 0 Å². The number of hydrogen-bond donors (Lipinski definition) is 2. The number of para-hydroxylation sites is 1. The minimum Gasteiger partial charge on any atom is -0.488 e. The highest BCUT2D eigenvalue weighted by molar-refractivity contribution is 14.1. The molecule has 3 rings (SSSR count). The third kappa shape index (κ3) is 6.02. The highest BCUT2D eigenvalue weighted by Gasteiger charge is 2.06. The Morgan fingerprint density at radius 1 is 1.14 bits per heavy atom. The second kappa shape index (κ2) is 10.0. The lowest BCUT2D eigenvalue weighted by molar-refractivity contribution is 0.252. The number of nitrogens with zero attached hydrogens (tertiary/aromatic N) is 1. The van der Waals surface area contributed by atoms with E-state index < -0.39 is 6.03 Å². The lowest BCUT2D eigenvalue weighted by Crippen LogP contribution is -2.24. The molecule has 0 aromatic heterocycles. The topological polar surface area (TPSA) is 62.7 Å². The Morgan fingerprint density at radius 2 is 1.90 bits per heavy atom. The Morgan fingerprint density at radius 3 is 2.66 bits per heavy atom. The first-order valence-electron chi connectivity index (χ1n) is 8.84.